The van der Waals surface area contributed by atoms with Crippen LogP contribution in [0.15, 0.2) is 42.6 Å². The van der Waals surface area contributed by atoms with Crippen molar-refractivity contribution in [2.24, 2.45) is 5.73 Å². The van der Waals surface area contributed by atoms with E-state index in [1.807, 2.05) is 30.3 Å². The second-order valence-electron chi connectivity index (χ2n) is 2.99. The summed E-state index contributed by atoms with van der Waals surface area (Å²) in [5.74, 6) is 0. The molecule has 0 spiro atoms. The third-order valence-electron chi connectivity index (χ3n) is 1.93. The Morgan fingerprint density at radius 3 is 2.44 bits per heavy atom. The number of thiocarbonyl (C=S) groups is 1. The Morgan fingerprint density at radius 1 is 1.06 bits per heavy atom. The molecule has 0 radical (unpaired) electrons. The maximum absolute atomic E-state index is 5.51. The number of rotatable bonds is 2. The predicted octanol–water partition coefficient (Wildman–Crippen LogP) is 1.78. The van der Waals surface area contributed by atoms with E-state index in [2.05, 4.69) is 9.97 Å². The fourth-order valence-electron chi connectivity index (χ4n) is 1.23. The minimum atomic E-state index is 0. The van der Waals surface area contributed by atoms with Gasteiger partial charge < -0.3 is 5.73 Å². The molecule has 0 amide bonds. The quantitative estimate of drug-likeness (QED) is 0.675. The van der Waals surface area contributed by atoms with Crippen LogP contribution in [-0.4, -0.2) is 15.0 Å². The van der Waals surface area contributed by atoms with Crippen LogP contribution < -0.4 is 5.73 Å². The van der Waals surface area contributed by atoms with E-state index >= 15 is 0 Å². The molecule has 0 aliphatic rings. The SMILES string of the molecule is NC(=S)c1cccc(-c2ccccn2)n1.[Cd+2]. The van der Waals surface area contributed by atoms with Gasteiger partial charge in [0, 0.05) is 6.20 Å². The first-order chi connectivity index (χ1) is 7.27. The van der Waals surface area contributed by atoms with Crippen molar-refractivity contribution in [2.45, 2.75) is 0 Å². The largest absolute Gasteiger partial charge is 2.00 e. The molecular formula is C11H9CdN3S+2. The first-order valence-corrected chi connectivity index (χ1v) is 4.86. The van der Waals surface area contributed by atoms with Crippen molar-refractivity contribution in [1.82, 2.24) is 9.97 Å². The Morgan fingerprint density at radius 2 is 1.81 bits per heavy atom. The van der Waals surface area contributed by atoms with E-state index in [1.54, 1.807) is 12.3 Å². The normalized spacial score (nSPS) is 9.25. The molecule has 0 unspecified atom stereocenters. The standard InChI is InChI=1S/C11H9N3S.Cd/c12-11(15)10-6-3-5-9(14-10)8-4-1-2-7-13-8;/h1-7H,(H2,12,15);/q;+2. The molecule has 2 heterocycles. The van der Waals surface area contributed by atoms with Crippen LogP contribution in [0.1, 0.15) is 5.69 Å². The molecule has 5 heteroatoms. The van der Waals surface area contributed by atoms with Gasteiger partial charge in [-0.2, -0.15) is 0 Å². The Bertz CT molecular complexity index is 488. The molecule has 0 atom stereocenters. The Hall–Kier alpha value is -0.888. The maximum atomic E-state index is 5.51. The van der Waals surface area contributed by atoms with Crippen LogP contribution in [0, 0.1) is 0 Å². The van der Waals surface area contributed by atoms with Crippen molar-refractivity contribution in [2.75, 3.05) is 0 Å². The van der Waals surface area contributed by atoms with Crippen molar-refractivity contribution in [3.05, 3.63) is 48.3 Å². The summed E-state index contributed by atoms with van der Waals surface area (Å²) in [6, 6.07) is 11.2. The molecule has 3 nitrogen and oxygen atoms in total. The minimum absolute atomic E-state index is 0. The van der Waals surface area contributed by atoms with Crippen LogP contribution in [0.25, 0.3) is 11.4 Å². The first-order valence-electron chi connectivity index (χ1n) is 4.45. The van der Waals surface area contributed by atoms with Crippen LogP contribution in [0.5, 0.6) is 0 Å². The number of hydrogen-bond acceptors (Lipinski definition) is 3. The van der Waals surface area contributed by atoms with E-state index in [-0.39, 0.29) is 27.3 Å². The van der Waals surface area contributed by atoms with Crippen molar-refractivity contribution in [3.63, 3.8) is 0 Å². The van der Waals surface area contributed by atoms with Crippen LogP contribution in [-0.2, 0) is 27.3 Å². The van der Waals surface area contributed by atoms with Crippen LogP contribution in [0.2, 0.25) is 0 Å². The Kier molecular flexibility index (Phi) is 4.94. The molecule has 74 valence electrons. The first kappa shape index (κ1) is 13.2. The average Bonchev–Trinajstić information content (AvgIpc) is 2.30. The Labute approximate surface area is 119 Å². The van der Waals surface area contributed by atoms with Crippen LogP contribution >= 0.6 is 12.2 Å². The topological polar surface area (TPSA) is 51.8 Å². The molecule has 0 saturated carbocycles. The molecule has 2 rings (SSSR count). The van der Waals surface area contributed by atoms with Gasteiger partial charge in [-0.15, -0.1) is 0 Å². The molecule has 2 aromatic rings. The molecule has 0 aromatic carbocycles. The van der Waals surface area contributed by atoms with Gasteiger partial charge in [0.25, 0.3) is 0 Å². The van der Waals surface area contributed by atoms with Crippen LogP contribution in [0.4, 0.5) is 0 Å². The minimum Gasteiger partial charge on any atom is -0.388 e. The third kappa shape index (κ3) is 3.05. The maximum Gasteiger partial charge on any atom is 2.00 e. The van der Waals surface area contributed by atoms with Gasteiger partial charge in [0.2, 0.25) is 0 Å². The third-order valence-corrected chi connectivity index (χ3v) is 2.14. The fraction of sp³-hybridized carbons (Fsp3) is 0. The van der Waals surface area contributed by atoms with Gasteiger partial charge >= 0.3 is 27.3 Å². The molecule has 0 fully saturated rings. The summed E-state index contributed by atoms with van der Waals surface area (Å²) in [6.45, 7) is 0. The summed E-state index contributed by atoms with van der Waals surface area (Å²) in [6.07, 6.45) is 1.73. The van der Waals surface area contributed by atoms with Gasteiger partial charge in [0.1, 0.15) is 4.99 Å². The predicted molar refractivity (Wildman–Crippen MR) is 63.4 cm³/mol. The smallest absolute Gasteiger partial charge is 0.388 e. The molecule has 16 heavy (non-hydrogen) atoms. The van der Waals surface area contributed by atoms with Crippen molar-refractivity contribution in [3.8, 4) is 11.4 Å². The van der Waals surface area contributed by atoms with E-state index in [1.165, 1.54) is 0 Å². The molecule has 0 bridgehead atoms. The van der Waals surface area contributed by atoms with Crippen molar-refractivity contribution in [1.29, 1.82) is 0 Å². The summed E-state index contributed by atoms with van der Waals surface area (Å²) >= 11 is 4.87. The molecular weight excluding hydrogens is 319 g/mol. The summed E-state index contributed by atoms with van der Waals surface area (Å²) < 4.78 is 0. The van der Waals surface area contributed by atoms with Crippen LogP contribution in [0.3, 0.4) is 0 Å². The number of pyridine rings is 2. The Balaban J connectivity index is 0.00000128. The number of aromatic nitrogens is 2. The molecule has 0 saturated heterocycles. The van der Waals surface area contributed by atoms with E-state index in [0.29, 0.717) is 10.7 Å². The van der Waals surface area contributed by atoms with Crippen molar-refractivity contribution >= 4 is 17.2 Å². The fourth-order valence-corrected chi connectivity index (χ4v) is 1.34. The number of nitrogens with zero attached hydrogens (tertiary/aromatic N) is 2. The molecule has 0 aliphatic carbocycles. The number of hydrogen-bond donors (Lipinski definition) is 1. The van der Waals surface area contributed by atoms with E-state index in [9.17, 15) is 0 Å². The summed E-state index contributed by atoms with van der Waals surface area (Å²) in [7, 11) is 0. The van der Waals surface area contributed by atoms with Gasteiger partial charge in [0.15, 0.2) is 0 Å². The van der Waals surface area contributed by atoms with Crippen molar-refractivity contribution < 1.29 is 27.3 Å². The van der Waals surface area contributed by atoms with Gasteiger partial charge in [-0.3, -0.25) is 4.98 Å². The van der Waals surface area contributed by atoms with Gasteiger partial charge in [-0.05, 0) is 24.3 Å². The molecule has 2 N–H and O–H groups in total. The number of nitrogens with two attached hydrogens (primary N) is 1. The van der Waals surface area contributed by atoms with Gasteiger partial charge in [-0.25, -0.2) is 4.98 Å². The summed E-state index contributed by atoms with van der Waals surface area (Å²) in [4.78, 5) is 8.82. The molecule has 0 aliphatic heterocycles. The average molecular weight is 328 g/mol. The van der Waals surface area contributed by atoms with Gasteiger partial charge in [0.05, 0.1) is 17.1 Å². The van der Waals surface area contributed by atoms with E-state index < -0.39 is 0 Å². The van der Waals surface area contributed by atoms with E-state index in [0.717, 1.165) is 11.4 Å². The van der Waals surface area contributed by atoms with E-state index in [4.69, 9.17) is 18.0 Å². The second-order valence-corrected chi connectivity index (χ2v) is 3.43. The van der Waals surface area contributed by atoms with Gasteiger partial charge in [-0.1, -0.05) is 24.4 Å². The second kappa shape index (κ2) is 6.00. The zero-order chi connectivity index (χ0) is 10.7. The zero-order valence-corrected chi connectivity index (χ0v) is 13.5. The molecule has 2 aromatic heterocycles. The zero-order valence-electron chi connectivity index (χ0n) is 8.63. The summed E-state index contributed by atoms with van der Waals surface area (Å²) in [5.41, 5.74) is 7.72. The monoisotopic (exact) mass is 329 g/mol. The summed E-state index contributed by atoms with van der Waals surface area (Å²) in [5, 5.41) is 0.